The number of pyridine rings is 1. The summed E-state index contributed by atoms with van der Waals surface area (Å²) in [6.07, 6.45) is 6.94. The molecule has 0 unspecified atom stereocenters. The molecule has 0 bridgehead atoms. The molecule has 2 aromatic heterocycles. The number of carbonyl (C=O) groups is 1. The van der Waals surface area contributed by atoms with Gasteiger partial charge in [0.25, 0.3) is 0 Å². The molecule has 1 aromatic carbocycles. The Morgan fingerprint density at radius 1 is 1.18 bits per heavy atom. The van der Waals surface area contributed by atoms with E-state index in [-0.39, 0.29) is 5.97 Å². The van der Waals surface area contributed by atoms with Gasteiger partial charge < -0.3 is 9.64 Å². The van der Waals surface area contributed by atoms with Gasteiger partial charge in [-0.2, -0.15) is 5.10 Å². The highest BCUT2D eigenvalue weighted by Crippen LogP contribution is 2.26. The summed E-state index contributed by atoms with van der Waals surface area (Å²) in [6, 6.07) is 11.9. The molecule has 0 aliphatic carbocycles. The van der Waals surface area contributed by atoms with Crippen LogP contribution in [0.1, 0.15) is 28.0 Å². The van der Waals surface area contributed by atoms with Gasteiger partial charge >= 0.3 is 5.97 Å². The standard InChI is InChI=1S/C22H26N4O2/c1-25(2)12-7-13-26-16-20(17-8-5-4-6-9-17)21(24-26)14-18-15-23-11-10-19(18)22(27)28-3/h4-6,8-11,15-16H,7,12-14H2,1-3H3. The van der Waals surface area contributed by atoms with E-state index in [1.54, 1.807) is 18.5 Å². The van der Waals surface area contributed by atoms with E-state index in [4.69, 9.17) is 9.84 Å². The highest BCUT2D eigenvalue weighted by Gasteiger charge is 2.17. The average molecular weight is 378 g/mol. The maximum atomic E-state index is 12.1. The second kappa shape index (κ2) is 9.28. The topological polar surface area (TPSA) is 60.2 Å². The van der Waals surface area contributed by atoms with Gasteiger partial charge in [0.2, 0.25) is 0 Å². The minimum atomic E-state index is -0.357. The van der Waals surface area contributed by atoms with Crippen molar-refractivity contribution in [2.75, 3.05) is 27.7 Å². The number of aryl methyl sites for hydroxylation is 1. The van der Waals surface area contributed by atoms with E-state index in [0.717, 1.165) is 41.9 Å². The summed E-state index contributed by atoms with van der Waals surface area (Å²) in [6.45, 7) is 1.85. The zero-order valence-corrected chi connectivity index (χ0v) is 16.6. The zero-order valence-electron chi connectivity index (χ0n) is 16.6. The van der Waals surface area contributed by atoms with Crippen molar-refractivity contribution in [1.29, 1.82) is 0 Å². The molecule has 28 heavy (non-hydrogen) atoms. The van der Waals surface area contributed by atoms with E-state index in [1.165, 1.54) is 7.11 Å². The van der Waals surface area contributed by atoms with E-state index >= 15 is 0 Å². The molecule has 0 atom stereocenters. The minimum absolute atomic E-state index is 0.357. The van der Waals surface area contributed by atoms with Gasteiger partial charge in [-0.25, -0.2) is 4.79 Å². The number of methoxy groups -OCH3 is 1. The van der Waals surface area contributed by atoms with Gasteiger partial charge in [-0.15, -0.1) is 0 Å². The fourth-order valence-corrected chi connectivity index (χ4v) is 3.17. The minimum Gasteiger partial charge on any atom is -0.465 e. The lowest BCUT2D eigenvalue weighted by Crippen LogP contribution is -2.15. The Labute approximate surface area is 165 Å². The fourth-order valence-electron chi connectivity index (χ4n) is 3.17. The molecule has 0 saturated heterocycles. The Kier molecular flexibility index (Phi) is 6.55. The Hall–Kier alpha value is -2.99. The van der Waals surface area contributed by atoms with Crippen molar-refractivity contribution >= 4 is 5.97 Å². The van der Waals surface area contributed by atoms with Crippen LogP contribution in [-0.2, 0) is 17.7 Å². The summed E-state index contributed by atoms with van der Waals surface area (Å²) < 4.78 is 6.91. The normalized spacial score (nSPS) is 11.0. The van der Waals surface area contributed by atoms with Crippen LogP contribution in [0.5, 0.6) is 0 Å². The predicted octanol–water partition coefficient (Wildman–Crippen LogP) is 3.27. The van der Waals surface area contributed by atoms with Gasteiger partial charge in [0.1, 0.15) is 0 Å². The number of ether oxygens (including phenoxy) is 1. The van der Waals surface area contributed by atoms with Crippen molar-refractivity contribution in [2.45, 2.75) is 19.4 Å². The average Bonchev–Trinajstić information content (AvgIpc) is 3.10. The second-order valence-corrected chi connectivity index (χ2v) is 6.98. The molecule has 0 saturated carbocycles. The number of nitrogens with zero attached hydrogens (tertiary/aromatic N) is 4. The lowest BCUT2D eigenvalue weighted by atomic mass is 10.00. The summed E-state index contributed by atoms with van der Waals surface area (Å²) in [4.78, 5) is 18.5. The van der Waals surface area contributed by atoms with Crippen molar-refractivity contribution in [1.82, 2.24) is 19.7 Å². The summed E-state index contributed by atoms with van der Waals surface area (Å²) in [7, 11) is 5.53. The van der Waals surface area contributed by atoms with Crippen molar-refractivity contribution < 1.29 is 9.53 Å². The van der Waals surface area contributed by atoms with Crippen molar-refractivity contribution in [3.63, 3.8) is 0 Å². The second-order valence-electron chi connectivity index (χ2n) is 6.98. The van der Waals surface area contributed by atoms with Crippen LogP contribution in [-0.4, -0.2) is 53.4 Å². The smallest absolute Gasteiger partial charge is 0.338 e. The Morgan fingerprint density at radius 2 is 1.96 bits per heavy atom. The summed E-state index contributed by atoms with van der Waals surface area (Å²) in [5.74, 6) is -0.357. The van der Waals surface area contributed by atoms with E-state index in [9.17, 15) is 4.79 Å². The molecule has 6 nitrogen and oxygen atoms in total. The predicted molar refractivity (Wildman–Crippen MR) is 109 cm³/mol. The molecular weight excluding hydrogens is 352 g/mol. The Morgan fingerprint density at radius 3 is 2.68 bits per heavy atom. The molecule has 6 heteroatoms. The van der Waals surface area contributed by atoms with Gasteiger partial charge in [-0.3, -0.25) is 9.67 Å². The quantitative estimate of drug-likeness (QED) is 0.563. The van der Waals surface area contributed by atoms with Crippen LogP contribution in [0.4, 0.5) is 0 Å². The summed E-state index contributed by atoms with van der Waals surface area (Å²) in [5, 5.41) is 4.82. The molecule has 0 aliphatic rings. The third-order valence-corrected chi connectivity index (χ3v) is 4.58. The van der Waals surface area contributed by atoms with Crippen LogP contribution in [0.25, 0.3) is 11.1 Å². The van der Waals surface area contributed by atoms with Crippen molar-refractivity contribution in [3.05, 3.63) is 71.8 Å². The molecule has 3 aromatic rings. The largest absolute Gasteiger partial charge is 0.465 e. The van der Waals surface area contributed by atoms with Crippen molar-refractivity contribution in [2.24, 2.45) is 0 Å². The summed E-state index contributed by atoms with van der Waals surface area (Å²) in [5.41, 5.74) is 4.45. The first-order chi connectivity index (χ1) is 13.6. The fraction of sp³-hybridized carbons (Fsp3) is 0.318. The Balaban J connectivity index is 1.93. The molecular formula is C22H26N4O2. The van der Waals surface area contributed by atoms with Gasteiger partial charge in [0, 0.05) is 37.1 Å². The first-order valence-corrected chi connectivity index (χ1v) is 9.36. The number of benzene rings is 1. The maximum Gasteiger partial charge on any atom is 0.338 e. The molecule has 0 radical (unpaired) electrons. The Bertz CT molecular complexity index is 919. The number of esters is 1. The van der Waals surface area contributed by atoms with Crippen LogP contribution in [0.2, 0.25) is 0 Å². The molecule has 0 aliphatic heterocycles. The number of rotatable bonds is 8. The van der Waals surface area contributed by atoms with E-state index in [1.807, 2.05) is 22.9 Å². The van der Waals surface area contributed by atoms with Crippen LogP contribution < -0.4 is 0 Å². The maximum absolute atomic E-state index is 12.1. The van der Waals surface area contributed by atoms with Crippen molar-refractivity contribution in [3.8, 4) is 11.1 Å². The highest BCUT2D eigenvalue weighted by atomic mass is 16.5. The van der Waals surface area contributed by atoms with Crippen LogP contribution in [0.3, 0.4) is 0 Å². The molecule has 0 N–H and O–H groups in total. The third kappa shape index (κ3) is 4.84. The number of carbonyl (C=O) groups excluding carboxylic acids is 1. The molecule has 0 fully saturated rings. The number of hydrogen-bond donors (Lipinski definition) is 0. The molecule has 0 amide bonds. The molecule has 2 heterocycles. The lowest BCUT2D eigenvalue weighted by molar-refractivity contribution is 0.0599. The monoisotopic (exact) mass is 378 g/mol. The molecule has 0 spiro atoms. The van der Waals surface area contributed by atoms with Crippen LogP contribution in [0.15, 0.2) is 55.0 Å². The number of aromatic nitrogens is 3. The highest BCUT2D eigenvalue weighted by molar-refractivity contribution is 5.91. The van der Waals surface area contributed by atoms with Gasteiger partial charge in [-0.1, -0.05) is 30.3 Å². The molecule has 146 valence electrons. The van der Waals surface area contributed by atoms with E-state index in [0.29, 0.717) is 12.0 Å². The first kappa shape index (κ1) is 19.8. The van der Waals surface area contributed by atoms with Gasteiger partial charge in [-0.05, 0) is 44.3 Å². The third-order valence-electron chi connectivity index (χ3n) is 4.58. The van der Waals surface area contributed by atoms with Crippen LogP contribution in [0, 0.1) is 0 Å². The van der Waals surface area contributed by atoms with Gasteiger partial charge in [0.15, 0.2) is 0 Å². The van der Waals surface area contributed by atoms with E-state index < -0.39 is 0 Å². The van der Waals surface area contributed by atoms with E-state index in [2.05, 4.69) is 42.3 Å². The first-order valence-electron chi connectivity index (χ1n) is 9.36. The summed E-state index contributed by atoms with van der Waals surface area (Å²) >= 11 is 0. The lowest BCUT2D eigenvalue weighted by Gasteiger charge is -2.08. The SMILES string of the molecule is COC(=O)c1ccncc1Cc1nn(CCCN(C)C)cc1-c1ccccc1. The van der Waals surface area contributed by atoms with Crippen LogP contribution >= 0.6 is 0 Å². The number of hydrogen-bond acceptors (Lipinski definition) is 5. The van der Waals surface area contributed by atoms with Gasteiger partial charge in [0.05, 0.1) is 18.4 Å². The zero-order chi connectivity index (χ0) is 19.9. The molecule has 3 rings (SSSR count).